The number of nitrogens with zero attached hydrogens (tertiary/aromatic N) is 2. The van der Waals surface area contributed by atoms with Gasteiger partial charge in [0.05, 0.1) is 5.41 Å². The van der Waals surface area contributed by atoms with Crippen molar-refractivity contribution in [3.05, 3.63) is 251 Å². The van der Waals surface area contributed by atoms with Crippen LogP contribution in [0, 0.1) is 0 Å². The predicted molar refractivity (Wildman–Crippen MR) is 244 cm³/mol. The summed E-state index contributed by atoms with van der Waals surface area (Å²) in [6.07, 6.45) is -0.366. The molecule has 0 amide bonds. The summed E-state index contributed by atoms with van der Waals surface area (Å²) < 4.78 is 6.62. The summed E-state index contributed by atoms with van der Waals surface area (Å²) in [6, 6.07) is 75.8. The molecule has 0 saturated heterocycles. The number of rotatable bonds is 5. The number of fused-ring (bicyclic) bond motifs is 11. The van der Waals surface area contributed by atoms with Gasteiger partial charge in [0.25, 0.3) is 0 Å². The summed E-state index contributed by atoms with van der Waals surface area (Å²) in [4.78, 5) is 10.1. The van der Waals surface area contributed by atoms with E-state index >= 15 is 0 Å². The molecular formula is C56H37N3O. The van der Waals surface area contributed by atoms with E-state index in [1.807, 2.05) is 36.4 Å². The van der Waals surface area contributed by atoms with Crippen molar-refractivity contribution in [1.82, 2.24) is 5.32 Å². The van der Waals surface area contributed by atoms with Crippen molar-refractivity contribution < 1.29 is 4.74 Å². The normalized spacial score (nSPS) is 14.5. The van der Waals surface area contributed by atoms with E-state index < -0.39 is 5.41 Å². The van der Waals surface area contributed by atoms with Crippen LogP contribution in [0.2, 0.25) is 0 Å². The third kappa shape index (κ3) is 5.31. The second-order valence-electron chi connectivity index (χ2n) is 15.7. The Kier molecular flexibility index (Phi) is 7.79. The highest BCUT2D eigenvalue weighted by atomic mass is 16.5. The van der Waals surface area contributed by atoms with E-state index in [0.717, 1.165) is 51.0 Å². The smallest absolute Gasteiger partial charge is 0.169 e. The summed E-state index contributed by atoms with van der Waals surface area (Å²) in [7, 11) is 0. The first kappa shape index (κ1) is 34.2. The van der Waals surface area contributed by atoms with E-state index in [2.05, 4.69) is 181 Å². The standard InChI is InChI=1S/C56H37N3O/c1-3-14-40(15-4-1)53-57-54(41-16-5-2-6-17-41)59-55(58-53)42-29-27-37(28-30-42)36-23-25-38(26-24-36)43-31-33-45-49(35-43)56(48-34-32-39-13-7-8-18-44(39)52(45)48)46-19-9-11-21-50(46)60-51-22-12-10-20-47(51)56/h1-35,55H,(H,57,58,59). The van der Waals surface area contributed by atoms with E-state index in [-0.39, 0.29) is 6.17 Å². The Morgan fingerprint density at radius 2 is 0.917 bits per heavy atom. The summed E-state index contributed by atoms with van der Waals surface area (Å²) in [5.41, 5.74) is 14.7. The Labute approximate surface area is 348 Å². The average molecular weight is 768 g/mol. The van der Waals surface area contributed by atoms with Gasteiger partial charge >= 0.3 is 0 Å². The van der Waals surface area contributed by atoms with Gasteiger partial charge in [0.15, 0.2) is 6.17 Å². The zero-order chi connectivity index (χ0) is 39.6. The molecule has 12 rings (SSSR count). The molecule has 0 radical (unpaired) electrons. The maximum atomic E-state index is 6.62. The maximum absolute atomic E-state index is 6.62. The van der Waals surface area contributed by atoms with Gasteiger partial charge in [0.2, 0.25) is 0 Å². The van der Waals surface area contributed by atoms with Crippen molar-refractivity contribution in [2.24, 2.45) is 9.98 Å². The fourth-order valence-corrected chi connectivity index (χ4v) is 9.63. The van der Waals surface area contributed by atoms with Crippen molar-refractivity contribution in [1.29, 1.82) is 0 Å². The number of para-hydroxylation sites is 2. The molecule has 282 valence electrons. The quantitative estimate of drug-likeness (QED) is 0.190. The molecule has 0 fully saturated rings. The monoisotopic (exact) mass is 767 g/mol. The fraction of sp³-hybridized carbons (Fsp3) is 0.0357. The Balaban J connectivity index is 0.921. The van der Waals surface area contributed by atoms with Crippen molar-refractivity contribution in [2.75, 3.05) is 0 Å². The van der Waals surface area contributed by atoms with Crippen molar-refractivity contribution in [3.8, 4) is 44.9 Å². The number of hydrogen-bond donors (Lipinski definition) is 1. The van der Waals surface area contributed by atoms with Crippen molar-refractivity contribution in [2.45, 2.75) is 11.6 Å². The molecule has 4 heteroatoms. The molecule has 9 aromatic carbocycles. The van der Waals surface area contributed by atoms with Gasteiger partial charge in [-0.25, -0.2) is 9.98 Å². The molecule has 60 heavy (non-hydrogen) atoms. The minimum Gasteiger partial charge on any atom is -0.457 e. The lowest BCUT2D eigenvalue weighted by Crippen LogP contribution is -2.35. The van der Waals surface area contributed by atoms with Crippen LogP contribution in [0.1, 0.15) is 45.1 Å². The van der Waals surface area contributed by atoms with Gasteiger partial charge in [-0.05, 0) is 79.0 Å². The van der Waals surface area contributed by atoms with Crippen LogP contribution in [0.4, 0.5) is 0 Å². The van der Waals surface area contributed by atoms with Crippen LogP contribution in [0.5, 0.6) is 11.5 Å². The number of aliphatic imine (C=N–C) groups is 2. The number of ether oxygens (including phenoxy) is 1. The number of amidine groups is 2. The van der Waals surface area contributed by atoms with Crippen LogP contribution in [-0.4, -0.2) is 11.7 Å². The third-order valence-corrected chi connectivity index (χ3v) is 12.4. The van der Waals surface area contributed by atoms with Crippen LogP contribution in [0.15, 0.2) is 222 Å². The molecule has 1 N–H and O–H groups in total. The fourth-order valence-electron chi connectivity index (χ4n) is 9.63. The molecule has 2 heterocycles. The van der Waals surface area contributed by atoms with Crippen molar-refractivity contribution >= 4 is 22.4 Å². The molecule has 0 bridgehead atoms. The minimum atomic E-state index is -0.538. The van der Waals surface area contributed by atoms with Crippen LogP contribution in [0.25, 0.3) is 44.2 Å². The molecule has 1 spiro atoms. The highest BCUT2D eigenvalue weighted by Gasteiger charge is 2.51. The number of nitrogens with one attached hydrogen (secondary N) is 1. The van der Waals surface area contributed by atoms with E-state index in [4.69, 9.17) is 14.7 Å². The second kappa shape index (κ2) is 13.6. The molecule has 0 unspecified atom stereocenters. The molecule has 0 saturated carbocycles. The van der Waals surface area contributed by atoms with E-state index in [0.29, 0.717) is 0 Å². The Morgan fingerprint density at radius 3 is 1.55 bits per heavy atom. The lowest BCUT2D eigenvalue weighted by Gasteiger charge is -2.39. The Hall–Kier alpha value is -7.82. The molecule has 4 nitrogen and oxygen atoms in total. The molecule has 1 aliphatic carbocycles. The van der Waals surface area contributed by atoms with E-state index in [1.165, 1.54) is 55.3 Å². The topological polar surface area (TPSA) is 46.0 Å². The van der Waals surface area contributed by atoms with Gasteiger partial charge in [0, 0.05) is 22.3 Å². The van der Waals surface area contributed by atoms with Crippen LogP contribution < -0.4 is 10.1 Å². The Bertz CT molecular complexity index is 3090. The van der Waals surface area contributed by atoms with Crippen molar-refractivity contribution in [3.63, 3.8) is 0 Å². The lowest BCUT2D eigenvalue weighted by molar-refractivity contribution is 0.436. The first-order valence-corrected chi connectivity index (χ1v) is 20.5. The highest BCUT2D eigenvalue weighted by molar-refractivity contribution is 6.16. The highest BCUT2D eigenvalue weighted by Crippen LogP contribution is 2.63. The predicted octanol–water partition coefficient (Wildman–Crippen LogP) is 13.1. The summed E-state index contributed by atoms with van der Waals surface area (Å²) >= 11 is 0. The zero-order valence-corrected chi connectivity index (χ0v) is 32.6. The van der Waals surface area contributed by atoms with Crippen LogP contribution in [-0.2, 0) is 5.41 Å². The largest absolute Gasteiger partial charge is 0.457 e. The van der Waals surface area contributed by atoms with E-state index in [1.54, 1.807) is 0 Å². The summed E-state index contributed by atoms with van der Waals surface area (Å²) in [6.45, 7) is 0. The summed E-state index contributed by atoms with van der Waals surface area (Å²) in [5, 5.41) is 6.00. The van der Waals surface area contributed by atoms with Gasteiger partial charge in [-0.3, -0.25) is 0 Å². The SMILES string of the molecule is c1ccc(C2=NC(c3ccc(-c4ccc(-c5ccc6c(c5)C5(c7ccccc7Oc7ccccc75)c5ccc7ccccc7c5-6)cc4)cc3)N=C(c3ccccc3)N2)cc1. The summed E-state index contributed by atoms with van der Waals surface area (Å²) in [5.74, 6) is 3.43. The molecule has 0 aromatic heterocycles. The molecule has 0 atom stereocenters. The second-order valence-corrected chi connectivity index (χ2v) is 15.7. The lowest BCUT2D eigenvalue weighted by atomic mass is 9.66. The van der Waals surface area contributed by atoms with Gasteiger partial charge in [-0.1, -0.05) is 194 Å². The maximum Gasteiger partial charge on any atom is 0.169 e. The van der Waals surface area contributed by atoms with Gasteiger partial charge < -0.3 is 10.1 Å². The number of benzene rings is 9. The number of hydrogen-bond acceptors (Lipinski definition) is 4. The van der Waals surface area contributed by atoms with Crippen LogP contribution >= 0.6 is 0 Å². The van der Waals surface area contributed by atoms with Gasteiger partial charge in [-0.15, -0.1) is 0 Å². The average Bonchev–Trinajstić information content (AvgIpc) is 3.62. The Morgan fingerprint density at radius 1 is 0.400 bits per heavy atom. The zero-order valence-electron chi connectivity index (χ0n) is 32.6. The van der Waals surface area contributed by atoms with Crippen LogP contribution in [0.3, 0.4) is 0 Å². The molecule has 3 aliphatic rings. The molecule has 2 aliphatic heterocycles. The third-order valence-electron chi connectivity index (χ3n) is 12.4. The molecule has 9 aromatic rings. The molecular weight excluding hydrogens is 731 g/mol. The first-order valence-electron chi connectivity index (χ1n) is 20.5. The van der Waals surface area contributed by atoms with Gasteiger partial charge in [-0.2, -0.15) is 0 Å². The minimum absolute atomic E-state index is 0.366. The van der Waals surface area contributed by atoms with E-state index in [9.17, 15) is 0 Å². The first-order chi connectivity index (χ1) is 29.7. The van der Waals surface area contributed by atoms with Gasteiger partial charge in [0.1, 0.15) is 23.2 Å².